The van der Waals surface area contributed by atoms with Gasteiger partial charge in [0.15, 0.2) is 11.5 Å². The van der Waals surface area contributed by atoms with Gasteiger partial charge in [-0.2, -0.15) is 0 Å². The van der Waals surface area contributed by atoms with Gasteiger partial charge in [0.2, 0.25) is 0 Å². The maximum Gasteiger partial charge on any atom is 0.163 e. The van der Waals surface area contributed by atoms with Crippen LogP contribution in [0.3, 0.4) is 0 Å². The largest absolute Gasteiger partial charge is 0.504 e. The molecule has 0 aromatic heterocycles. The molecule has 1 atom stereocenters. The Morgan fingerprint density at radius 3 is 2.60 bits per heavy atom. The molecule has 2 N–H and O–H groups in total. The van der Waals surface area contributed by atoms with Gasteiger partial charge in [-0.25, -0.2) is 0 Å². The average molecular weight is 208 g/mol. The molecule has 3 nitrogen and oxygen atoms in total. The van der Waals surface area contributed by atoms with Gasteiger partial charge in [0.25, 0.3) is 0 Å². The minimum atomic E-state index is -0.946. The molecule has 1 aliphatic rings. The normalized spacial score (nSPS) is 19.7. The summed E-state index contributed by atoms with van der Waals surface area (Å²) in [6.07, 6.45) is 2.04. The first-order valence-corrected chi connectivity index (χ1v) is 5.16. The van der Waals surface area contributed by atoms with E-state index in [1.807, 2.05) is 0 Å². The van der Waals surface area contributed by atoms with Crippen LogP contribution in [0.1, 0.15) is 25.3 Å². The van der Waals surface area contributed by atoms with Crippen LogP contribution in [-0.2, 0) is 5.60 Å². The van der Waals surface area contributed by atoms with E-state index >= 15 is 0 Å². The second-order valence-electron chi connectivity index (χ2n) is 4.28. The van der Waals surface area contributed by atoms with E-state index in [4.69, 9.17) is 4.74 Å². The van der Waals surface area contributed by atoms with Gasteiger partial charge in [-0.05, 0) is 31.7 Å². The topological polar surface area (TPSA) is 49.7 Å². The van der Waals surface area contributed by atoms with Crippen LogP contribution in [0.15, 0.2) is 18.2 Å². The second kappa shape index (κ2) is 3.42. The Morgan fingerprint density at radius 2 is 2.07 bits per heavy atom. The number of rotatable bonds is 3. The van der Waals surface area contributed by atoms with E-state index in [9.17, 15) is 10.2 Å². The molecule has 0 saturated heterocycles. The molecule has 2 rings (SSSR count). The molecule has 0 spiro atoms. The van der Waals surface area contributed by atoms with Crippen LogP contribution in [0.2, 0.25) is 0 Å². The molecular formula is C12H16O3. The van der Waals surface area contributed by atoms with Crippen molar-refractivity contribution < 1.29 is 14.9 Å². The highest BCUT2D eigenvalue weighted by molar-refractivity contribution is 5.48. The number of aromatic hydroxyl groups is 1. The number of ether oxygens (including phenoxy) is 1. The SMILES string of the molecule is COc1cccc(C(C)(O)C2CC2)c1O. The summed E-state index contributed by atoms with van der Waals surface area (Å²) in [5, 5.41) is 20.2. The quantitative estimate of drug-likeness (QED) is 0.799. The molecule has 0 radical (unpaired) electrons. The molecule has 1 fully saturated rings. The first kappa shape index (κ1) is 10.3. The van der Waals surface area contributed by atoms with Gasteiger partial charge in [0, 0.05) is 5.56 Å². The van der Waals surface area contributed by atoms with Crippen molar-refractivity contribution in [1.29, 1.82) is 0 Å². The summed E-state index contributed by atoms with van der Waals surface area (Å²) in [4.78, 5) is 0. The van der Waals surface area contributed by atoms with Gasteiger partial charge in [-0.3, -0.25) is 0 Å². The van der Waals surface area contributed by atoms with Gasteiger partial charge in [-0.15, -0.1) is 0 Å². The lowest BCUT2D eigenvalue weighted by molar-refractivity contribution is 0.0304. The van der Waals surface area contributed by atoms with E-state index in [1.54, 1.807) is 25.1 Å². The van der Waals surface area contributed by atoms with Crippen molar-refractivity contribution in [1.82, 2.24) is 0 Å². The van der Waals surface area contributed by atoms with Gasteiger partial charge < -0.3 is 14.9 Å². The summed E-state index contributed by atoms with van der Waals surface area (Å²) >= 11 is 0. The number of benzene rings is 1. The number of para-hydroxylation sites is 1. The smallest absolute Gasteiger partial charge is 0.163 e. The molecular weight excluding hydrogens is 192 g/mol. The minimum Gasteiger partial charge on any atom is -0.504 e. The Balaban J connectivity index is 2.43. The Morgan fingerprint density at radius 1 is 1.40 bits per heavy atom. The van der Waals surface area contributed by atoms with Crippen molar-refractivity contribution >= 4 is 0 Å². The Hall–Kier alpha value is -1.22. The molecule has 3 heteroatoms. The lowest BCUT2D eigenvalue weighted by Gasteiger charge is -2.25. The molecule has 0 amide bonds. The minimum absolute atomic E-state index is 0.0527. The van der Waals surface area contributed by atoms with Gasteiger partial charge in [-0.1, -0.05) is 12.1 Å². The van der Waals surface area contributed by atoms with Crippen LogP contribution >= 0.6 is 0 Å². The first-order valence-electron chi connectivity index (χ1n) is 5.16. The van der Waals surface area contributed by atoms with Crippen molar-refractivity contribution in [2.75, 3.05) is 7.11 Å². The Kier molecular flexibility index (Phi) is 2.35. The summed E-state index contributed by atoms with van der Waals surface area (Å²) in [6.45, 7) is 1.75. The number of methoxy groups -OCH3 is 1. The van der Waals surface area contributed by atoms with E-state index in [2.05, 4.69) is 0 Å². The van der Waals surface area contributed by atoms with Crippen LogP contribution in [0, 0.1) is 5.92 Å². The third-order valence-electron chi connectivity index (χ3n) is 3.14. The monoisotopic (exact) mass is 208 g/mol. The second-order valence-corrected chi connectivity index (χ2v) is 4.28. The zero-order valence-electron chi connectivity index (χ0n) is 9.03. The van der Waals surface area contributed by atoms with Crippen LogP contribution in [-0.4, -0.2) is 17.3 Å². The van der Waals surface area contributed by atoms with Crippen molar-refractivity contribution in [3.8, 4) is 11.5 Å². The zero-order valence-corrected chi connectivity index (χ0v) is 9.03. The number of phenolic OH excluding ortho intramolecular Hbond substituents is 1. The summed E-state index contributed by atoms with van der Waals surface area (Å²) in [7, 11) is 1.50. The lowest BCUT2D eigenvalue weighted by atomic mass is 9.90. The average Bonchev–Trinajstić information content (AvgIpc) is 3.01. The summed E-state index contributed by atoms with van der Waals surface area (Å²) in [6, 6.07) is 5.21. The van der Waals surface area contributed by atoms with Gasteiger partial charge in [0.05, 0.1) is 12.7 Å². The number of phenols is 1. The fourth-order valence-corrected chi connectivity index (χ4v) is 1.96. The molecule has 1 saturated carbocycles. The summed E-state index contributed by atoms with van der Waals surface area (Å²) < 4.78 is 5.02. The molecule has 0 bridgehead atoms. The molecule has 1 aromatic rings. The molecule has 1 aliphatic carbocycles. The number of hydrogen-bond donors (Lipinski definition) is 2. The molecule has 82 valence electrons. The standard InChI is InChI=1S/C12H16O3/c1-12(14,8-6-7-8)9-4-3-5-10(15-2)11(9)13/h3-5,8,13-14H,6-7H2,1-2H3. The van der Waals surface area contributed by atoms with Gasteiger partial charge in [0.1, 0.15) is 0 Å². The maximum absolute atomic E-state index is 10.3. The van der Waals surface area contributed by atoms with Crippen molar-refractivity contribution in [3.63, 3.8) is 0 Å². The Bertz CT molecular complexity index is 367. The van der Waals surface area contributed by atoms with Gasteiger partial charge >= 0.3 is 0 Å². The lowest BCUT2D eigenvalue weighted by Crippen LogP contribution is -2.23. The van der Waals surface area contributed by atoms with Crippen molar-refractivity contribution in [2.24, 2.45) is 5.92 Å². The molecule has 0 heterocycles. The highest BCUT2D eigenvalue weighted by Crippen LogP contribution is 2.49. The maximum atomic E-state index is 10.3. The van der Waals surface area contributed by atoms with E-state index in [0.717, 1.165) is 12.8 Å². The first-order chi connectivity index (χ1) is 7.07. The highest BCUT2D eigenvalue weighted by Gasteiger charge is 2.43. The zero-order chi connectivity index (χ0) is 11.1. The molecule has 15 heavy (non-hydrogen) atoms. The summed E-state index contributed by atoms with van der Waals surface area (Å²) in [5.74, 6) is 0.723. The van der Waals surface area contributed by atoms with Crippen LogP contribution < -0.4 is 4.74 Å². The predicted octanol–water partition coefficient (Wildman–Crippen LogP) is 2.02. The number of hydrogen-bond acceptors (Lipinski definition) is 3. The van der Waals surface area contributed by atoms with Crippen molar-refractivity contribution in [3.05, 3.63) is 23.8 Å². The van der Waals surface area contributed by atoms with Crippen LogP contribution in [0.25, 0.3) is 0 Å². The highest BCUT2D eigenvalue weighted by atomic mass is 16.5. The fraction of sp³-hybridized carbons (Fsp3) is 0.500. The van der Waals surface area contributed by atoms with Crippen molar-refractivity contribution in [2.45, 2.75) is 25.4 Å². The van der Waals surface area contributed by atoms with Crippen LogP contribution in [0.4, 0.5) is 0 Å². The Labute approximate surface area is 89.3 Å². The number of aliphatic hydroxyl groups is 1. The van der Waals surface area contributed by atoms with E-state index < -0.39 is 5.60 Å². The third kappa shape index (κ3) is 1.67. The third-order valence-corrected chi connectivity index (χ3v) is 3.14. The predicted molar refractivity (Wildman–Crippen MR) is 57.0 cm³/mol. The fourth-order valence-electron chi connectivity index (χ4n) is 1.96. The molecule has 1 aromatic carbocycles. The molecule has 0 aliphatic heterocycles. The van der Waals surface area contributed by atoms with Crippen LogP contribution in [0.5, 0.6) is 11.5 Å². The summed E-state index contributed by atoms with van der Waals surface area (Å²) in [5.41, 5.74) is -0.386. The molecule has 1 unspecified atom stereocenters. The van der Waals surface area contributed by atoms with E-state index in [1.165, 1.54) is 7.11 Å². The van der Waals surface area contributed by atoms with E-state index in [-0.39, 0.29) is 11.7 Å². The van der Waals surface area contributed by atoms with E-state index in [0.29, 0.717) is 11.3 Å².